The van der Waals surface area contributed by atoms with Crippen molar-refractivity contribution in [2.45, 2.75) is 6.54 Å². The van der Waals surface area contributed by atoms with Gasteiger partial charge in [-0.25, -0.2) is 9.59 Å². The summed E-state index contributed by atoms with van der Waals surface area (Å²) in [7, 11) is 2.90. The van der Waals surface area contributed by atoms with E-state index < -0.39 is 11.7 Å². The fourth-order valence-electron chi connectivity index (χ4n) is 3.12. The summed E-state index contributed by atoms with van der Waals surface area (Å²) in [6, 6.07) is 12.0. The first-order valence-electron chi connectivity index (χ1n) is 8.88. The number of rotatable bonds is 6. The molecule has 0 atom stereocenters. The van der Waals surface area contributed by atoms with Crippen LogP contribution in [0.25, 0.3) is 22.0 Å². The summed E-state index contributed by atoms with van der Waals surface area (Å²) < 4.78 is 22.5. The van der Waals surface area contributed by atoms with Gasteiger partial charge in [0, 0.05) is 17.6 Å². The molecule has 29 heavy (non-hydrogen) atoms. The SMILES string of the molecule is COC(=O)c1ccc2c(c1)oc(=O)n2CCOc1ccnc2cc(OC)ccc12. The van der Waals surface area contributed by atoms with Crippen LogP contribution in [-0.2, 0) is 11.3 Å². The van der Waals surface area contributed by atoms with Gasteiger partial charge in [0.15, 0.2) is 5.58 Å². The minimum absolute atomic E-state index is 0.248. The van der Waals surface area contributed by atoms with Crippen molar-refractivity contribution in [3.63, 3.8) is 0 Å². The predicted octanol–water partition coefficient (Wildman–Crippen LogP) is 3.02. The standard InChI is InChI=1S/C21H18N2O6/c1-26-14-4-5-15-16(12-14)22-8-7-18(15)28-10-9-23-17-6-3-13(20(24)27-2)11-19(17)29-21(23)25/h3-8,11-12H,9-10H2,1-2H3. The molecule has 148 valence electrons. The zero-order chi connectivity index (χ0) is 20.4. The lowest BCUT2D eigenvalue weighted by Gasteiger charge is -2.10. The molecule has 4 aromatic rings. The molecule has 4 rings (SSSR count). The van der Waals surface area contributed by atoms with Gasteiger partial charge in [-0.2, -0.15) is 0 Å². The van der Waals surface area contributed by atoms with Crippen molar-refractivity contribution in [1.82, 2.24) is 9.55 Å². The maximum absolute atomic E-state index is 12.2. The Morgan fingerprint density at radius 3 is 2.79 bits per heavy atom. The van der Waals surface area contributed by atoms with Crippen LogP contribution in [-0.4, -0.2) is 36.3 Å². The number of ether oxygens (including phenoxy) is 3. The molecule has 0 fully saturated rings. The first kappa shape index (κ1) is 18.5. The van der Waals surface area contributed by atoms with E-state index in [-0.39, 0.29) is 13.2 Å². The van der Waals surface area contributed by atoms with E-state index in [0.717, 1.165) is 10.9 Å². The molecule has 2 aromatic carbocycles. The van der Waals surface area contributed by atoms with E-state index in [1.54, 1.807) is 31.5 Å². The zero-order valence-corrected chi connectivity index (χ0v) is 15.9. The summed E-state index contributed by atoms with van der Waals surface area (Å²) in [5, 5.41) is 0.848. The Bertz CT molecular complexity index is 1260. The summed E-state index contributed by atoms with van der Waals surface area (Å²) in [5.41, 5.74) is 1.97. The predicted molar refractivity (Wildman–Crippen MR) is 106 cm³/mol. The number of carbonyl (C=O) groups excluding carboxylic acids is 1. The van der Waals surface area contributed by atoms with Crippen molar-refractivity contribution >= 4 is 28.0 Å². The van der Waals surface area contributed by atoms with Crippen LogP contribution in [0, 0.1) is 0 Å². The van der Waals surface area contributed by atoms with Crippen LogP contribution in [0.2, 0.25) is 0 Å². The molecule has 8 heteroatoms. The Balaban J connectivity index is 1.55. The first-order valence-corrected chi connectivity index (χ1v) is 8.88. The molecule has 0 aliphatic carbocycles. The molecular weight excluding hydrogens is 376 g/mol. The number of esters is 1. The second kappa shape index (κ2) is 7.67. The summed E-state index contributed by atoms with van der Waals surface area (Å²) in [5.74, 6) is 0.359. The van der Waals surface area contributed by atoms with E-state index >= 15 is 0 Å². The Morgan fingerprint density at radius 1 is 1.14 bits per heavy atom. The van der Waals surface area contributed by atoms with Crippen molar-refractivity contribution in [1.29, 1.82) is 0 Å². The third kappa shape index (κ3) is 3.52. The number of hydrogen-bond acceptors (Lipinski definition) is 7. The topological polar surface area (TPSA) is 92.8 Å². The van der Waals surface area contributed by atoms with E-state index in [4.69, 9.17) is 13.9 Å². The molecule has 0 spiro atoms. The summed E-state index contributed by atoms with van der Waals surface area (Å²) in [6.07, 6.45) is 1.66. The second-order valence-electron chi connectivity index (χ2n) is 6.23. The zero-order valence-electron chi connectivity index (χ0n) is 15.9. The average Bonchev–Trinajstić information content (AvgIpc) is 3.07. The molecule has 8 nitrogen and oxygen atoms in total. The highest BCUT2D eigenvalue weighted by Crippen LogP contribution is 2.27. The van der Waals surface area contributed by atoms with Crippen LogP contribution in [0.5, 0.6) is 11.5 Å². The second-order valence-corrected chi connectivity index (χ2v) is 6.23. The molecule has 2 aromatic heterocycles. The number of fused-ring (bicyclic) bond motifs is 2. The maximum Gasteiger partial charge on any atom is 0.420 e. The van der Waals surface area contributed by atoms with Gasteiger partial charge in [0.05, 0.1) is 37.4 Å². The lowest BCUT2D eigenvalue weighted by atomic mass is 10.2. The third-order valence-electron chi connectivity index (χ3n) is 4.57. The van der Waals surface area contributed by atoms with Crippen molar-refractivity contribution in [2.24, 2.45) is 0 Å². The maximum atomic E-state index is 12.2. The summed E-state index contributed by atoms with van der Waals surface area (Å²) in [4.78, 5) is 28.2. The molecule has 0 aliphatic heterocycles. The minimum Gasteiger partial charge on any atom is -0.497 e. The van der Waals surface area contributed by atoms with E-state index in [1.807, 2.05) is 18.2 Å². The minimum atomic E-state index is -0.519. The number of oxazole rings is 1. The summed E-state index contributed by atoms with van der Waals surface area (Å²) in [6.45, 7) is 0.530. The highest BCUT2D eigenvalue weighted by Gasteiger charge is 2.13. The number of carbonyl (C=O) groups is 1. The number of pyridine rings is 1. The van der Waals surface area contributed by atoms with Gasteiger partial charge in [-0.3, -0.25) is 9.55 Å². The van der Waals surface area contributed by atoms with Crippen molar-refractivity contribution in [3.8, 4) is 11.5 Å². The largest absolute Gasteiger partial charge is 0.497 e. The fraction of sp³-hybridized carbons (Fsp3) is 0.190. The Kier molecular flexibility index (Phi) is 4.90. The van der Waals surface area contributed by atoms with Crippen LogP contribution in [0.1, 0.15) is 10.4 Å². The number of hydrogen-bond donors (Lipinski definition) is 0. The van der Waals surface area contributed by atoms with Gasteiger partial charge in [-0.15, -0.1) is 0 Å². The van der Waals surface area contributed by atoms with Gasteiger partial charge in [-0.1, -0.05) is 0 Å². The van der Waals surface area contributed by atoms with E-state index in [1.165, 1.54) is 17.7 Å². The number of nitrogens with zero attached hydrogens (tertiary/aromatic N) is 2. The Labute approximate surface area is 165 Å². The van der Waals surface area contributed by atoms with Crippen LogP contribution in [0.4, 0.5) is 0 Å². The average molecular weight is 394 g/mol. The first-order chi connectivity index (χ1) is 14.1. The molecule has 0 bridgehead atoms. The molecule has 0 saturated heterocycles. The van der Waals surface area contributed by atoms with Gasteiger partial charge < -0.3 is 18.6 Å². The van der Waals surface area contributed by atoms with Gasteiger partial charge in [0.1, 0.15) is 18.1 Å². The molecule has 0 amide bonds. The van der Waals surface area contributed by atoms with Crippen molar-refractivity contribution < 1.29 is 23.4 Å². The summed E-state index contributed by atoms with van der Waals surface area (Å²) >= 11 is 0. The van der Waals surface area contributed by atoms with Gasteiger partial charge >= 0.3 is 11.7 Å². The molecule has 2 heterocycles. The normalized spacial score (nSPS) is 11.0. The third-order valence-corrected chi connectivity index (χ3v) is 4.57. The van der Waals surface area contributed by atoms with Crippen LogP contribution in [0.15, 0.2) is 57.9 Å². The molecule has 0 saturated carbocycles. The van der Waals surface area contributed by atoms with E-state index in [9.17, 15) is 9.59 Å². The highest BCUT2D eigenvalue weighted by molar-refractivity contribution is 5.93. The Hall–Kier alpha value is -3.81. The number of aromatic nitrogens is 2. The lowest BCUT2D eigenvalue weighted by molar-refractivity contribution is 0.0600. The number of methoxy groups -OCH3 is 2. The molecule has 0 unspecified atom stereocenters. The fourth-order valence-corrected chi connectivity index (χ4v) is 3.12. The van der Waals surface area contributed by atoms with Gasteiger partial charge in [-0.05, 0) is 36.4 Å². The van der Waals surface area contributed by atoms with Crippen LogP contribution in [0.3, 0.4) is 0 Å². The van der Waals surface area contributed by atoms with Crippen LogP contribution < -0.4 is 15.2 Å². The van der Waals surface area contributed by atoms with E-state index in [2.05, 4.69) is 9.72 Å². The molecule has 0 radical (unpaired) electrons. The van der Waals surface area contributed by atoms with E-state index in [0.29, 0.717) is 28.2 Å². The Morgan fingerprint density at radius 2 is 2.00 bits per heavy atom. The molecule has 0 aliphatic rings. The van der Waals surface area contributed by atoms with Crippen molar-refractivity contribution in [2.75, 3.05) is 20.8 Å². The molecule has 0 N–H and O–H groups in total. The quantitative estimate of drug-likeness (QED) is 0.464. The van der Waals surface area contributed by atoms with Crippen molar-refractivity contribution in [3.05, 3.63) is 64.8 Å². The molecular formula is C21H18N2O6. The van der Waals surface area contributed by atoms with Gasteiger partial charge in [0.25, 0.3) is 0 Å². The van der Waals surface area contributed by atoms with Gasteiger partial charge in [0.2, 0.25) is 0 Å². The smallest absolute Gasteiger partial charge is 0.420 e. The lowest BCUT2D eigenvalue weighted by Crippen LogP contribution is -2.18. The number of benzene rings is 2. The monoisotopic (exact) mass is 394 g/mol. The van der Waals surface area contributed by atoms with Crippen LogP contribution >= 0.6 is 0 Å². The highest BCUT2D eigenvalue weighted by atomic mass is 16.5.